The zero-order valence-corrected chi connectivity index (χ0v) is 31.1. The number of rotatable bonds is 14. The van der Waals surface area contributed by atoms with Gasteiger partial charge in [0.15, 0.2) is 0 Å². The molecule has 0 saturated carbocycles. The fraction of sp³-hybridized carbons (Fsp3) is 0.286. The fourth-order valence-electron chi connectivity index (χ4n) is 5.59. The van der Waals surface area contributed by atoms with Crippen LogP contribution in [-0.2, 0) is 17.8 Å². The van der Waals surface area contributed by atoms with Gasteiger partial charge in [0.05, 0.1) is 24.2 Å². The first kappa shape index (κ1) is 40.4. The molecule has 1 amide bonds. The van der Waals surface area contributed by atoms with E-state index in [-0.39, 0.29) is 99.4 Å². The van der Waals surface area contributed by atoms with Crippen molar-refractivity contribution in [1.29, 1.82) is 0 Å². The molecule has 2 unspecified atom stereocenters. The van der Waals surface area contributed by atoms with Crippen LogP contribution in [0.5, 0.6) is 0 Å². The second-order valence-electron chi connectivity index (χ2n) is 11.3. The molecule has 3 aromatic carbocycles. The molecule has 4 aromatic rings. The minimum absolute atomic E-state index is 0. The number of amides is 1. The zero-order valence-electron chi connectivity index (χ0n) is 29.1. The molecule has 1 heterocycles. The van der Waals surface area contributed by atoms with Gasteiger partial charge in [0.2, 0.25) is 0 Å². The van der Waals surface area contributed by atoms with E-state index in [4.69, 9.17) is 5.11 Å². The molecule has 0 aliphatic rings. The summed E-state index contributed by atoms with van der Waals surface area (Å²) < 4.78 is 16.0. The number of benzene rings is 3. The molecule has 0 aliphatic heterocycles. The molecule has 1 aromatic heterocycles. The molecular formula is C35H39FN2Na2O7. The topological polar surface area (TPSA) is 149 Å². The second-order valence-corrected chi connectivity index (χ2v) is 11.3. The Morgan fingerprint density at radius 3 is 2.09 bits per heavy atom. The summed E-state index contributed by atoms with van der Waals surface area (Å²) in [7, 11) is 0. The molecule has 2 atom stereocenters. The van der Waals surface area contributed by atoms with E-state index in [1.165, 1.54) is 24.3 Å². The third-order valence-corrected chi connectivity index (χ3v) is 7.53. The van der Waals surface area contributed by atoms with Gasteiger partial charge in [-0.05, 0) is 74.1 Å². The first-order chi connectivity index (χ1) is 21.5. The van der Waals surface area contributed by atoms with Crippen molar-refractivity contribution in [3.05, 3.63) is 107 Å². The maximum atomic E-state index is 14.1. The third kappa shape index (κ3) is 10.6. The first-order valence-corrected chi connectivity index (χ1v) is 14.7. The largest absolute Gasteiger partial charge is 1.00 e. The van der Waals surface area contributed by atoms with Crippen molar-refractivity contribution in [2.75, 3.05) is 0 Å². The molecular weight excluding hydrogens is 625 g/mol. The van der Waals surface area contributed by atoms with Crippen LogP contribution in [0.15, 0.2) is 78.9 Å². The van der Waals surface area contributed by atoms with Gasteiger partial charge in [-0.3, -0.25) is 9.59 Å². The third-order valence-electron chi connectivity index (χ3n) is 7.53. The SMILES string of the molecule is CC(C)n1c(CCC(O)CC(O)CC(=O)O)c(-c2ccc(F)cc2)c(-c2ccccc2)c1C(=O)NCc1cccc(C(=O)O)c1.[H-].[H-].[Na+].[Na+]. The van der Waals surface area contributed by atoms with E-state index in [2.05, 4.69) is 5.32 Å². The Kier molecular flexibility index (Phi) is 16.0. The van der Waals surface area contributed by atoms with Gasteiger partial charge in [-0.25, -0.2) is 9.18 Å². The molecule has 0 radical (unpaired) electrons. The normalized spacial score (nSPS) is 12.0. The van der Waals surface area contributed by atoms with Crippen LogP contribution in [0.2, 0.25) is 0 Å². The van der Waals surface area contributed by atoms with Crippen LogP contribution < -0.4 is 64.4 Å². The molecule has 47 heavy (non-hydrogen) atoms. The average molecular weight is 665 g/mol. The zero-order chi connectivity index (χ0) is 32.7. The first-order valence-electron chi connectivity index (χ1n) is 14.7. The van der Waals surface area contributed by atoms with Crippen molar-refractivity contribution >= 4 is 17.8 Å². The van der Waals surface area contributed by atoms with E-state index < -0.39 is 42.3 Å². The van der Waals surface area contributed by atoms with Gasteiger partial charge < -0.3 is 33.2 Å². The van der Waals surface area contributed by atoms with E-state index in [0.29, 0.717) is 33.6 Å². The minimum Gasteiger partial charge on any atom is -1.00 e. The van der Waals surface area contributed by atoms with Crippen LogP contribution in [0.1, 0.15) is 74.1 Å². The standard InChI is InChI=1S/C35H37FN2O7.2Na.2H/c1-21(2)38-29(16-15-27(39)18-28(40)19-30(41)42)31(24-11-13-26(36)14-12-24)32(23-8-4-3-5-9-23)33(38)34(43)37-20-22-7-6-10-25(17-22)35(44)45;;;;/h3-14,17,21,27-28,39-40H,15-16,18-20H2,1-2H3,(H,37,43)(H,41,42)(H,44,45);;;;/q;2*+1;2*-1. The van der Waals surface area contributed by atoms with E-state index >= 15 is 0 Å². The number of carboxylic acid groups (broad SMARTS) is 2. The number of aliphatic hydroxyl groups excluding tert-OH is 2. The summed E-state index contributed by atoms with van der Waals surface area (Å²) in [4.78, 5) is 36.6. The number of hydrogen-bond acceptors (Lipinski definition) is 5. The summed E-state index contributed by atoms with van der Waals surface area (Å²) in [5.41, 5.74) is 4.47. The van der Waals surface area contributed by atoms with Gasteiger partial charge in [-0.1, -0.05) is 54.6 Å². The molecule has 0 aliphatic carbocycles. The predicted molar refractivity (Wildman–Crippen MR) is 170 cm³/mol. The van der Waals surface area contributed by atoms with Gasteiger partial charge in [0, 0.05) is 29.4 Å². The van der Waals surface area contributed by atoms with Crippen LogP contribution in [0.3, 0.4) is 0 Å². The number of carbonyl (C=O) groups is 3. The Morgan fingerprint density at radius 1 is 0.851 bits per heavy atom. The van der Waals surface area contributed by atoms with Crippen molar-refractivity contribution < 1.29 is 101 Å². The van der Waals surface area contributed by atoms with E-state index in [0.717, 1.165) is 5.56 Å². The number of aliphatic hydroxyl groups is 2. The Bertz CT molecular complexity index is 1670. The number of nitrogens with zero attached hydrogens (tertiary/aromatic N) is 1. The molecule has 0 spiro atoms. The molecule has 12 heteroatoms. The van der Waals surface area contributed by atoms with Crippen LogP contribution in [0.4, 0.5) is 4.39 Å². The van der Waals surface area contributed by atoms with Crippen LogP contribution >= 0.6 is 0 Å². The van der Waals surface area contributed by atoms with Gasteiger partial charge in [-0.15, -0.1) is 0 Å². The molecule has 240 valence electrons. The smallest absolute Gasteiger partial charge is 1.00 e. The molecule has 4 rings (SSSR count). The summed E-state index contributed by atoms with van der Waals surface area (Å²) >= 11 is 0. The van der Waals surface area contributed by atoms with E-state index in [9.17, 15) is 34.1 Å². The molecule has 0 saturated heterocycles. The number of aliphatic carboxylic acids is 1. The minimum atomic E-state index is -1.22. The number of carbonyl (C=O) groups excluding carboxylic acids is 1. The van der Waals surface area contributed by atoms with Crippen molar-refractivity contribution in [2.45, 2.75) is 64.3 Å². The summed E-state index contributed by atoms with van der Waals surface area (Å²) in [6, 6.07) is 21.3. The van der Waals surface area contributed by atoms with Crippen LogP contribution in [0.25, 0.3) is 22.3 Å². The Labute approximate surface area is 320 Å². The van der Waals surface area contributed by atoms with Crippen molar-refractivity contribution in [3.63, 3.8) is 0 Å². The van der Waals surface area contributed by atoms with E-state index in [1.807, 2.05) is 48.7 Å². The van der Waals surface area contributed by atoms with Gasteiger partial charge in [0.25, 0.3) is 5.91 Å². The van der Waals surface area contributed by atoms with Crippen LogP contribution in [0, 0.1) is 5.82 Å². The van der Waals surface area contributed by atoms with Crippen molar-refractivity contribution in [3.8, 4) is 22.3 Å². The summed E-state index contributed by atoms with van der Waals surface area (Å²) in [5, 5.41) is 42.2. The number of aromatic nitrogens is 1. The van der Waals surface area contributed by atoms with Gasteiger partial charge >= 0.3 is 71.1 Å². The quantitative estimate of drug-likeness (QED) is 0.119. The number of halogens is 1. The molecule has 0 fully saturated rings. The predicted octanol–water partition coefficient (Wildman–Crippen LogP) is -0.0775. The Morgan fingerprint density at radius 2 is 1.49 bits per heavy atom. The average Bonchev–Trinajstić information content (AvgIpc) is 3.35. The fourth-order valence-corrected chi connectivity index (χ4v) is 5.59. The monoisotopic (exact) mass is 664 g/mol. The molecule has 0 bridgehead atoms. The summed E-state index contributed by atoms with van der Waals surface area (Å²) in [5.74, 6) is -3.07. The van der Waals surface area contributed by atoms with Crippen molar-refractivity contribution in [1.82, 2.24) is 9.88 Å². The number of aromatic carboxylic acids is 1. The Balaban J connectivity index is 0.00000576. The van der Waals surface area contributed by atoms with Crippen LogP contribution in [-0.4, -0.2) is 55.0 Å². The van der Waals surface area contributed by atoms with Gasteiger partial charge in [-0.2, -0.15) is 0 Å². The Hall–Kier alpha value is -2.80. The number of carboxylic acids is 2. The molecule has 5 N–H and O–H groups in total. The molecule has 9 nitrogen and oxygen atoms in total. The number of nitrogens with one attached hydrogen (secondary N) is 1. The maximum absolute atomic E-state index is 14.1. The van der Waals surface area contributed by atoms with E-state index in [1.54, 1.807) is 24.3 Å². The number of hydrogen-bond donors (Lipinski definition) is 5. The second kappa shape index (κ2) is 18.7. The van der Waals surface area contributed by atoms with Crippen molar-refractivity contribution in [2.24, 2.45) is 0 Å². The summed E-state index contributed by atoms with van der Waals surface area (Å²) in [6.07, 6.45) is -2.42. The maximum Gasteiger partial charge on any atom is 1.00 e. The summed E-state index contributed by atoms with van der Waals surface area (Å²) in [6.45, 7) is 3.92. The van der Waals surface area contributed by atoms with Gasteiger partial charge in [0.1, 0.15) is 11.5 Å².